The number of aliphatic hydroxyl groups is 7. The second-order valence-electron chi connectivity index (χ2n) is 13.0. The van der Waals surface area contributed by atoms with Crippen molar-refractivity contribution in [3.63, 3.8) is 0 Å². The van der Waals surface area contributed by atoms with Crippen LogP contribution in [0.25, 0.3) is 6.08 Å². The van der Waals surface area contributed by atoms with Crippen LogP contribution in [-0.4, -0.2) is 168 Å². The number of hydrogen-bond acceptors (Lipinski definition) is 19. The molecule has 5 rings (SSSR count). The maximum atomic E-state index is 12.7. The molecule has 11 N–H and O–H groups in total. The summed E-state index contributed by atoms with van der Waals surface area (Å²) >= 11 is 0. The number of ether oxygens (including phenoxy) is 7. The van der Waals surface area contributed by atoms with Gasteiger partial charge in [0.2, 0.25) is 0 Å². The quantitative estimate of drug-likeness (QED) is 0.0569. The molecule has 2 aromatic carbocycles. The lowest BCUT2D eigenvalue weighted by Crippen LogP contribution is -2.65. The van der Waals surface area contributed by atoms with E-state index in [2.05, 4.69) is 0 Å². The van der Waals surface area contributed by atoms with Gasteiger partial charge in [0.15, 0.2) is 41.9 Å². The van der Waals surface area contributed by atoms with Crippen molar-refractivity contribution in [2.45, 2.75) is 92.8 Å². The van der Waals surface area contributed by atoms with Crippen LogP contribution in [-0.2, 0) is 44.4 Å². The Labute approximate surface area is 302 Å². The highest BCUT2D eigenvalue weighted by atomic mass is 16.8. The van der Waals surface area contributed by atoms with Crippen LogP contribution >= 0.6 is 0 Å². The molecule has 0 saturated carbocycles. The minimum Gasteiger partial charge on any atom is -0.504 e. The largest absolute Gasteiger partial charge is 0.504 e. The summed E-state index contributed by atoms with van der Waals surface area (Å²) in [6, 6.07) is 7.90. The minimum absolute atomic E-state index is 0.116. The summed E-state index contributed by atoms with van der Waals surface area (Å²) < 4.78 is 40.2. The van der Waals surface area contributed by atoms with Crippen LogP contribution in [0.1, 0.15) is 18.1 Å². The Morgan fingerprint density at radius 2 is 1.51 bits per heavy atom. The van der Waals surface area contributed by atoms with Gasteiger partial charge in [0.25, 0.3) is 0 Å². The zero-order valence-electron chi connectivity index (χ0n) is 28.3. The first-order valence-corrected chi connectivity index (χ1v) is 16.6. The highest BCUT2D eigenvalue weighted by Crippen LogP contribution is 2.35. The molecular weight excluding hydrogens is 712 g/mol. The predicted octanol–water partition coefficient (Wildman–Crippen LogP) is -2.55. The molecule has 0 aliphatic carbocycles. The summed E-state index contributed by atoms with van der Waals surface area (Å²) in [5.41, 5.74) is -1.27. The van der Waals surface area contributed by atoms with E-state index in [4.69, 9.17) is 33.2 Å². The molecule has 0 unspecified atom stereocenters. The smallest absolute Gasteiger partial charge is 0.330 e. The van der Waals surface area contributed by atoms with Gasteiger partial charge in [-0.2, -0.15) is 0 Å². The predicted molar refractivity (Wildman–Crippen MR) is 174 cm³/mol. The number of carbonyl (C=O) groups excluding carboxylic acids is 1. The number of aromatic hydroxyl groups is 4. The van der Waals surface area contributed by atoms with Crippen LogP contribution in [0.3, 0.4) is 0 Å². The normalized spacial score (nSPS) is 36.2. The van der Waals surface area contributed by atoms with Crippen molar-refractivity contribution in [1.29, 1.82) is 0 Å². The van der Waals surface area contributed by atoms with Crippen molar-refractivity contribution in [2.24, 2.45) is 0 Å². The Morgan fingerprint density at radius 3 is 2.17 bits per heavy atom. The minimum atomic E-state index is -2.13. The lowest BCUT2D eigenvalue weighted by molar-refractivity contribution is -0.375. The van der Waals surface area contributed by atoms with E-state index in [1.165, 1.54) is 49.4 Å². The fraction of sp³-hybridized carbons (Fsp3) is 0.559. The molecule has 0 bridgehead atoms. The molecule has 53 heavy (non-hydrogen) atoms. The van der Waals surface area contributed by atoms with Crippen molar-refractivity contribution in [3.8, 4) is 23.0 Å². The van der Waals surface area contributed by atoms with E-state index in [1.807, 2.05) is 0 Å². The SMILES string of the molecule is C[C@@H]1O[C@@H](O[C@H]2[C@H](O)[C@@H](COC(=O)/C=C/c3ccc(O)c(O)c3)O[C@@H](OCCc3ccc(O)c(O)c3)[C@@H]2O[C@@H]2OC[C@](O)(CO)[C@H]2O)[C@H](O)[C@H](O)[C@H]1O. The van der Waals surface area contributed by atoms with Gasteiger partial charge in [-0.15, -0.1) is 0 Å². The van der Waals surface area contributed by atoms with Crippen molar-refractivity contribution < 1.29 is 94.1 Å². The first-order chi connectivity index (χ1) is 25.1. The third kappa shape index (κ3) is 9.35. The Hall–Kier alpha value is -3.67. The van der Waals surface area contributed by atoms with Gasteiger partial charge < -0.3 is 89.3 Å². The molecule has 3 fully saturated rings. The summed E-state index contributed by atoms with van der Waals surface area (Å²) in [4.78, 5) is 12.7. The van der Waals surface area contributed by atoms with Crippen LogP contribution in [0, 0.1) is 0 Å². The van der Waals surface area contributed by atoms with Crippen molar-refractivity contribution in [2.75, 3.05) is 26.4 Å². The summed E-state index contributed by atoms with van der Waals surface area (Å²) in [6.07, 6.45) is -17.1. The topological polar surface area (TPSA) is 304 Å². The van der Waals surface area contributed by atoms with Crippen LogP contribution in [0.5, 0.6) is 23.0 Å². The molecule has 13 atom stereocenters. The van der Waals surface area contributed by atoms with E-state index >= 15 is 0 Å². The number of esters is 1. The lowest BCUT2D eigenvalue weighted by atomic mass is 9.96. The molecule has 0 aromatic heterocycles. The van der Waals surface area contributed by atoms with Gasteiger partial charge in [-0.1, -0.05) is 12.1 Å². The van der Waals surface area contributed by atoms with Gasteiger partial charge in [0.1, 0.15) is 61.0 Å². The van der Waals surface area contributed by atoms with E-state index < -0.39 is 111 Å². The number of phenolic OH excluding ortho intramolecular Hbond substituents is 4. The molecule has 3 aliphatic heterocycles. The van der Waals surface area contributed by atoms with Crippen molar-refractivity contribution >= 4 is 12.0 Å². The van der Waals surface area contributed by atoms with E-state index in [0.29, 0.717) is 11.1 Å². The van der Waals surface area contributed by atoms with Crippen LogP contribution < -0.4 is 0 Å². The summed E-state index contributed by atoms with van der Waals surface area (Å²) in [5, 5.41) is 113. The molecular formula is C34H44O19. The van der Waals surface area contributed by atoms with Crippen LogP contribution in [0.15, 0.2) is 42.5 Å². The Morgan fingerprint density at radius 1 is 0.830 bits per heavy atom. The second-order valence-corrected chi connectivity index (χ2v) is 13.0. The third-order valence-corrected chi connectivity index (χ3v) is 9.10. The van der Waals surface area contributed by atoms with E-state index in [9.17, 15) is 61.0 Å². The number of phenols is 4. The number of aliphatic hydroxyl groups excluding tert-OH is 6. The van der Waals surface area contributed by atoms with Gasteiger partial charge in [-0.3, -0.25) is 0 Å². The molecule has 0 radical (unpaired) electrons. The average Bonchev–Trinajstić information content (AvgIpc) is 3.42. The van der Waals surface area contributed by atoms with E-state index in [0.717, 1.165) is 6.08 Å². The monoisotopic (exact) mass is 756 g/mol. The highest BCUT2D eigenvalue weighted by Gasteiger charge is 2.55. The zero-order chi connectivity index (χ0) is 38.6. The first-order valence-electron chi connectivity index (χ1n) is 16.6. The summed E-state index contributed by atoms with van der Waals surface area (Å²) in [6.45, 7) is -0.888. The maximum Gasteiger partial charge on any atom is 0.330 e. The summed E-state index contributed by atoms with van der Waals surface area (Å²) in [5.74, 6) is -2.44. The van der Waals surface area contributed by atoms with Gasteiger partial charge in [0, 0.05) is 6.08 Å². The number of rotatable bonds is 13. The van der Waals surface area contributed by atoms with Gasteiger partial charge in [-0.25, -0.2) is 4.79 Å². The van der Waals surface area contributed by atoms with Gasteiger partial charge >= 0.3 is 5.97 Å². The third-order valence-electron chi connectivity index (χ3n) is 9.10. The molecule has 0 amide bonds. The van der Waals surface area contributed by atoms with E-state index in [1.54, 1.807) is 0 Å². The lowest BCUT2D eigenvalue weighted by Gasteiger charge is -2.47. The molecule has 0 spiro atoms. The van der Waals surface area contributed by atoms with Gasteiger partial charge in [-0.05, 0) is 54.8 Å². The van der Waals surface area contributed by atoms with Crippen molar-refractivity contribution in [1.82, 2.24) is 0 Å². The Bertz CT molecular complexity index is 1570. The fourth-order valence-corrected chi connectivity index (χ4v) is 5.85. The molecule has 3 saturated heterocycles. The molecule has 19 nitrogen and oxygen atoms in total. The average molecular weight is 757 g/mol. The molecule has 3 aliphatic rings. The molecule has 19 heteroatoms. The number of hydrogen-bond donors (Lipinski definition) is 11. The fourth-order valence-electron chi connectivity index (χ4n) is 5.85. The van der Waals surface area contributed by atoms with Crippen molar-refractivity contribution in [3.05, 3.63) is 53.6 Å². The van der Waals surface area contributed by atoms with Crippen LogP contribution in [0.2, 0.25) is 0 Å². The Kier molecular flexibility index (Phi) is 13.2. The van der Waals surface area contributed by atoms with Gasteiger partial charge in [0.05, 0.1) is 25.9 Å². The summed E-state index contributed by atoms with van der Waals surface area (Å²) in [7, 11) is 0. The number of carbonyl (C=O) groups is 1. The molecule has 294 valence electrons. The Balaban J connectivity index is 1.40. The maximum absolute atomic E-state index is 12.7. The zero-order valence-corrected chi connectivity index (χ0v) is 28.3. The second kappa shape index (κ2) is 17.2. The first kappa shape index (κ1) is 40.5. The number of benzene rings is 2. The van der Waals surface area contributed by atoms with Crippen LogP contribution in [0.4, 0.5) is 0 Å². The standard InChI is InChI=1S/C34H44O19/c1-15-24(41)26(43)27(44)31(50-15)52-28-25(42)22(12-48-23(40)7-4-16-2-5-18(36)20(38)10-16)51-32(47-9-8-17-3-6-19(37)21(39)11-17)29(28)53-33-30(45)34(46,13-35)14-49-33/h2-7,10-11,15,22,24-33,35-39,41-46H,8-9,12-14H2,1H3/b7-4+/t15-,22+,24-,25+,26+,27+,28-,29+,30-,31-,32+,33-,34+/m0/s1. The molecule has 3 heterocycles. The molecule has 2 aromatic rings. The highest BCUT2D eigenvalue weighted by molar-refractivity contribution is 5.87. The van der Waals surface area contributed by atoms with E-state index in [-0.39, 0.29) is 30.3 Å².